The van der Waals surface area contributed by atoms with Gasteiger partial charge in [0.1, 0.15) is 6.61 Å². The van der Waals surface area contributed by atoms with Gasteiger partial charge in [-0.05, 0) is 6.42 Å². The van der Waals surface area contributed by atoms with Crippen molar-refractivity contribution in [2.45, 2.75) is 71.1 Å². The Morgan fingerprint density at radius 1 is 0.952 bits per heavy atom. The fourth-order valence-electron chi connectivity index (χ4n) is 1.91. The van der Waals surface area contributed by atoms with E-state index < -0.39 is 21.8 Å². The van der Waals surface area contributed by atoms with Gasteiger partial charge in [-0.15, -0.1) is 0 Å². The van der Waals surface area contributed by atoms with E-state index >= 15 is 0 Å². The molecule has 5 nitrogen and oxygen atoms in total. The molecule has 0 aliphatic rings. The standard InChI is InChI=1S/C14H28O5S.Na/c1-2-3-4-5-6-7-8-9-10-11-14(15)19-12-13-20(16,17)18;/h2-13H2,1H3,(H,16,17,18);/q;+1/p-1. The van der Waals surface area contributed by atoms with Gasteiger partial charge in [0, 0.05) is 6.42 Å². The molecule has 0 amide bonds. The van der Waals surface area contributed by atoms with Crippen LogP contribution in [0.25, 0.3) is 0 Å². The summed E-state index contributed by atoms with van der Waals surface area (Å²) in [5, 5.41) is 0. The third-order valence-electron chi connectivity index (χ3n) is 3.08. The van der Waals surface area contributed by atoms with E-state index in [0.717, 1.165) is 19.3 Å². The first-order chi connectivity index (χ1) is 9.45. The molecule has 0 saturated carbocycles. The molecular weight excluding hydrogens is 303 g/mol. The molecule has 0 aromatic heterocycles. The van der Waals surface area contributed by atoms with Crippen molar-refractivity contribution in [1.29, 1.82) is 0 Å². The quantitative estimate of drug-likeness (QED) is 0.205. The molecule has 0 bridgehead atoms. The van der Waals surface area contributed by atoms with Gasteiger partial charge in [-0.2, -0.15) is 0 Å². The molecule has 0 saturated heterocycles. The van der Waals surface area contributed by atoms with Crippen LogP contribution >= 0.6 is 0 Å². The zero-order valence-corrected chi connectivity index (χ0v) is 16.3. The van der Waals surface area contributed by atoms with E-state index in [0.29, 0.717) is 6.42 Å². The Labute approximate surface area is 151 Å². The van der Waals surface area contributed by atoms with Crippen molar-refractivity contribution in [1.82, 2.24) is 0 Å². The van der Waals surface area contributed by atoms with Crippen molar-refractivity contribution in [3.63, 3.8) is 0 Å². The number of unbranched alkanes of at least 4 members (excludes halogenated alkanes) is 8. The summed E-state index contributed by atoms with van der Waals surface area (Å²) in [4.78, 5) is 11.2. The fourth-order valence-corrected chi connectivity index (χ4v) is 2.20. The molecule has 0 N–H and O–H groups in total. The summed E-state index contributed by atoms with van der Waals surface area (Å²) in [6.07, 6.45) is 10.8. The van der Waals surface area contributed by atoms with Crippen molar-refractivity contribution >= 4 is 16.1 Å². The number of hydrogen-bond acceptors (Lipinski definition) is 5. The van der Waals surface area contributed by atoms with Crippen LogP contribution in [-0.4, -0.2) is 31.3 Å². The fraction of sp³-hybridized carbons (Fsp3) is 0.929. The van der Waals surface area contributed by atoms with Crippen LogP contribution in [0.3, 0.4) is 0 Å². The Kier molecular flexibility index (Phi) is 17.2. The van der Waals surface area contributed by atoms with E-state index in [9.17, 15) is 17.8 Å². The van der Waals surface area contributed by atoms with E-state index in [-0.39, 0.29) is 36.2 Å². The van der Waals surface area contributed by atoms with Crippen molar-refractivity contribution < 1.29 is 52.1 Å². The first-order valence-electron chi connectivity index (χ1n) is 7.55. The van der Waals surface area contributed by atoms with E-state index in [1.165, 1.54) is 38.5 Å². The molecule has 120 valence electrons. The molecule has 0 heterocycles. The minimum atomic E-state index is -4.29. The molecule has 0 aromatic carbocycles. The number of carbonyl (C=O) groups is 1. The monoisotopic (exact) mass is 330 g/mol. The van der Waals surface area contributed by atoms with Crippen LogP contribution in [0.1, 0.15) is 71.1 Å². The Morgan fingerprint density at radius 2 is 1.43 bits per heavy atom. The van der Waals surface area contributed by atoms with Gasteiger partial charge in [-0.25, -0.2) is 8.42 Å². The molecule has 7 heteroatoms. The van der Waals surface area contributed by atoms with Gasteiger partial charge in [-0.1, -0.05) is 58.3 Å². The molecular formula is C14H27NaO5S. The van der Waals surface area contributed by atoms with Gasteiger partial charge in [0.15, 0.2) is 0 Å². The molecule has 0 atom stereocenters. The van der Waals surface area contributed by atoms with E-state index in [2.05, 4.69) is 11.7 Å². The van der Waals surface area contributed by atoms with E-state index in [4.69, 9.17) is 0 Å². The maximum Gasteiger partial charge on any atom is 1.00 e. The van der Waals surface area contributed by atoms with E-state index in [1.54, 1.807) is 0 Å². The Bertz CT molecular complexity index is 343. The Balaban J connectivity index is 0. The van der Waals surface area contributed by atoms with E-state index in [1.807, 2.05) is 0 Å². The van der Waals surface area contributed by atoms with Crippen LogP contribution in [-0.2, 0) is 19.6 Å². The second-order valence-corrected chi connectivity index (χ2v) is 6.58. The molecule has 0 fully saturated rings. The third-order valence-corrected chi connectivity index (χ3v) is 3.75. The molecule has 21 heavy (non-hydrogen) atoms. The minimum absolute atomic E-state index is 0. The van der Waals surface area contributed by atoms with Crippen molar-refractivity contribution in [2.24, 2.45) is 0 Å². The molecule has 0 radical (unpaired) electrons. The summed E-state index contributed by atoms with van der Waals surface area (Å²) in [6, 6.07) is 0. The van der Waals surface area contributed by atoms with Gasteiger partial charge < -0.3 is 9.29 Å². The summed E-state index contributed by atoms with van der Waals surface area (Å²) in [7, 11) is -4.29. The van der Waals surface area contributed by atoms with Gasteiger partial charge >= 0.3 is 35.5 Å². The molecule has 0 spiro atoms. The third kappa shape index (κ3) is 20.4. The summed E-state index contributed by atoms with van der Waals surface area (Å²) >= 11 is 0. The van der Waals surface area contributed by atoms with Gasteiger partial charge in [0.25, 0.3) is 0 Å². The van der Waals surface area contributed by atoms with Crippen LogP contribution < -0.4 is 29.6 Å². The topological polar surface area (TPSA) is 83.5 Å². The maximum absolute atomic E-state index is 11.2. The number of carbonyl (C=O) groups excluding carboxylic acids is 1. The van der Waals surface area contributed by atoms with Crippen LogP contribution in [0, 0.1) is 0 Å². The predicted molar refractivity (Wildman–Crippen MR) is 77.4 cm³/mol. The SMILES string of the molecule is CCCCCCCCCCCC(=O)OCCS(=O)(=O)[O-].[Na+]. The summed E-state index contributed by atoms with van der Waals surface area (Å²) in [5.74, 6) is -1.06. The summed E-state index contributed by atoms with van der Waals surface area (Å²) in [6.45, 7) is 1.87. The zero-order chi connectivity index (χ0) is 15.3. The summed E-state index contributed by atoms with van der Waals surface area (Å²) in [5.41, 5.74) is 0. The smallest absolute Gasteiger partial charge is 0.748 e. The maximum atomic E-state index is 11.2. The van der Waals surface area contributed by atoms with Crippen molar-refractivity contribution in [3.8, 4) is 0 Å². The van der Waals surface area contributed by atoms with Crippen LogP contribution in [0.2, 0.25) is 0 Å². The second-order valence-electron chi connectivity index (χ2n) is 5.06. The van der Waals surface area contributed by atoms with Gasteiger partial charge in [-0.3, -0.25) is 4.79 Å². The average Bonchev–Trinajstić information content (AvgIpc) is 2.35. The number of hydrogen-bond donors (Lipinski definition) is 0. The predicted octanol–water partition coefficient (Wildman–Crippen LogP) is -0.000300. The normalized spacial score (nSPS) is 11.0. The first-order valence-corrected chi connectivity index (χ1v) is 9.12. The Morgan fingerprint density at radius 3 is 1.90 bits per heavy atom. The molecule has 0 aliphatic carbocycles. The first kappa shape index (κ1) is 23.6. The van der Waals surface area contributed by atoms with Gasteiger partial charge in [0.05, 0.1) is 15.9 Å². The molecule has 0 unspecified atom stereocenters. The largest absolute Gasteiger partial charge is 1.00 e. The van der Waals surface area contributed by atoms with Crippen molar-refractivity contribution in [2.75, 3.05) is 12.4 Å². The molecule has 0 aromatic rings. The average molecular weight is 330 g/mol. The molecule has 0 rings (SSSR count). The molecule has 0 aliphatic heterocycles. The zero-order valence-electron chi connectivity index (χ0n) is 13.4. The van der Waals surface area contributed by atoms with Crippen LogP contribution in [0.5, 0.6) is 0 Å². The summed E-state index contributed by atoms with van der Waals surface area (Å²) < 4.78 is 35.5. The second kappa shape index (κ2) is 15.3. The number of ether oxygens (including phenoxy) is 1. The van der Waals surface area contributed by atoms with Gasteiger partial charge in [0.2, 0.25) is 0 Å². The van der Waals surface area contributed by atoms with Crippen molar-refractivity contribution in [3.05, 3.63) is 0 Å². The minimum Gasteiger partial charge on any atom is -0.748 e. The van der Waals surface area contributed by atoms with Crippen LogP contribution in [0.15, 0.2) is 0 Å². The van der Waals surface area contributed by atoms with Crippen LogP contribution in [0.4, 0.5) is 0 Å². The Hall–Kier alpha value is 0.380. The number of rotatable bonds is 13. The number of esters is 1.